The fourth-order valence-electron chi connectivity index (χ4n) is 4.27. The summed E-state index contributed by atoms with van der Waals surface area (Å²) in [5.41, 5.74) is 0. The van der Waals surface area contributed by atoms with Crippen molar-refractivity contribution >= 4 is 0 Å². The zero-order valence-electron chi connectivity index (χ0n) is 21.1. The van der Waals surface area contributed by atoms with E-state index in [1.54, 1.807) is 0 Å². The van der Waals surface area contributed by atoms with Crippen molar-refractivity contribution in [3.05, 3.63) is 12.2 Å². The Morgan fingerprint density at radius 3 is 1.26 bits per heavy atom. The van der Waals surface area contributed by atoms with Gasteiger partial charge in [0.05, 0.1) is 26.8 Å². The van der Waals surface area contributed by atoms with Gasteiger partial charge in [0.25, 0.3) is 0 Å². The van der Waals surface area contributed by atoms with E-state index in [0.29, 0.717) is 0 Å². The van der Waals surface area contributed by atoms with Crippen molar-refractivity contribution in [1.82, 2.24) is 0 Å². The highest BCUT2D eigenvalue weighted by atomic mass is 35.5. The van der Waals surface area contributed by atoms with E-state index in [1.165, 1.54) is 116 Å². The number of nitrogens with zero attached hydrogens (tertiary/aromatic N) is 1. The Morgan fingerprint density at radius 1 is 0.516 bits per heavy atom. The number of aliphatic hydroxyl groups is 2. The Bertz CT molecular complexity index is 357. The molecule has 0 aromatic carbocycles. The van der Waals surface area contributed by atoms with Gasteiger partial charge in [-0.1, -0.05) is 96.1 Å². The van der Waals surface area contributed by atoms with Crippen LogP contribution in [0.1, 0.15) is 122 Å². The molecule has 0 aliphatic carbocycles. The molecular formula is C27H56ClNO2. The standard InChI is InChI=1S/C27H56NO2.ClH/c1-3-4-5-6-7-8-9-10-11-12-13-14-15-16-17-18-19-20-21-22-23-28(2,24-26-29)25-27-30;/h10-11,29-30H,3-9,12-27H2,1-2H3;1H/q+1;/p-1. The first-order chi connectivity index (χ1) is 14.7. The second-order valence-corrected chi connectivity index (χ2v) is 9.59. The van der Waals surface area contributed by atoms with Crippen LogP contribution in [0.25, 0.3) is 0 Å². The lowest BCUT2D eigenvalue weighted by atomic mass is 10.1. The van der Waals surface area contributed by atoms with E-state index in [0.717, 1.165) is 24.1 Å². The first kappa shape index (κ1) is 33.1. The van der Waals surface area contributed by atoms with Crippen molar-refractivity contribution in [3.63, 3.8) is 0 Å². The molecule has 0 fully saturated rings. The third-order valence-electron chi connectivity index (χ3n) is 6.49. The highest BCUT2D eigenvalue weighted by Gasteiger charge is 2.19. The SMILES string of the molecule is CCCCCCCCC=CCCCCCCCCCCCC[N+](C)(CCO)CCO.[Cl-]. The van der Waals surface area contributed by atoms with Gasteiger partial charge < -0.3 is 27.1 Å². The van der Waals surface area contributed by atoms with Crippen LogP contribution in [0.2, 0.25) is 0 Å². The monoisotopic (exact) mass is 461 g/mol. The quantitative estimate of drug-likeness (QED) is 0.129. The Morgan fingerprint density at radius 2 is 0.871 bits per heavy atom. The zero-order chi connectivity index (χ0) is 22.2. The summed E-state index contributed by atoms with van der Waals surface area (Å²) < 4.78 is 0.807. The third kappa shape index (κ3) is 24.4. The molecule has 0 atom stereocenters. The van der Waals surface area contributed by atoms with Gasteiger partial charge in [-0.2, -0.15) is 0 Å². The van der Waals surface area contributed by atoms with Gasteiger partial charge in [0, 0.05) is 0 Å². The number of allylic oxidation sites excluding steroid dienone is 2. The Labute approximate surface area is 201 Å². The fourth-order valence-corrected chi connectivity index (χ4v) is 4.27. The van der Waals surface area contributed by atoms with Crippen LogP contribution in [-0.4, -0.2) is 54.6 Å². The number of hydrogen-bond acceptors (Lipinski definition) is 2. The average molecular weight is 462 g/mol. The van der Waals surface area contributed by atoms with Gasteiger partial charge in [0.2, 0.25) is 0 Å². The molecule has 2 N–H and O–H groups in total. The number of likely N-dealkylation sites (N-methyl/N-ethyl adjacent to an activating group) is 1. The smallest absolute Gasteiger partial charge is 0.102 e. The van der Waals surface area contributed by atoms with Crippen molar-refractivity contribution in [1.29, 1.82) is 0 Å². The second kappa shape index (κ2) is 26.2. The lowest BCUT2D eigenvalue weighted by Gasteiger charge is -2.33. The zero-order valence-corrected chi connectivity index (χ0v) is 21.9. The first-order valence-electron chi connectivity index (χ1n) is 13.4. The molecule has 0 saturated heterocycles. The van der Waals surface area contributed by atoms with E-state index in [1.807, 2.05) is 0 Å². The van der Waals surface area contributed by atoms with Crippen LogP contribution in [-0.2, 0) is 0 Å². The maximum Gasteiger partial charge on any atom is 0.102 e. The predicted octanol–water partition coefficient (Wildman–Crippen LogP) is 4.02. The number of aliphatic hydroxyl groups excluding tert-OH is 2. The summed E-state index contributed by atoms with van der Waals surface area (Å²) in [6, 6.07) is 0. The van der Waals surface area contributed by atoms with Gasteiger partial charge in [-0.05, 0) is 38.5 Å². The predicted molar refractivity (Wildman–Crippen MR) is 133 cm³/mol. The molecule has 0 aliphatic rings. The number of quaternary nitrogens is 1. The second-order valence-electron chi connectivity index (χ2n) is 9.59. The minimum absolute atomic E-state index is 0. The van der Waals surface area contributed by atoms with Crippen LogP contribution in [0.4, 0.5) is 0 Å². The Hall–Kier alpha value is -0.0900. The van der Waals surface area contributed by atoms with Crippen molar-refractivity contribution in [3.8, 4) is 0 Å². The molecule has 0 radical (unpaired) electrons. The molecule has 31 heavy (non-hydrogen) atoms. The lowest BCUT2D eigenvalue weighted by Crippen LogP contribution is -3.00. The van der Waals surface area contributed by atoms with Crippen molar-refractivity contribution < 1.29 is 27.1 Å². The van der Waals surface area contributed by atoms with Gasteiger partial charge in [-0.15, -0.1) is 0 Å². The van der Waals surface area contributed by atoms with Crippen LogP contribution in [0, 0.1) is 0 Å². The van der Waals surface area contributed by atoms with Gasteiger partial charge >= 0.3 is 0 Å². The summed E-state index contributed by atoms with van der Waals surface area (Å²) >= 11 is 0. The number of rotatable bonds is 24. The van der Waals surface area contributed by atoms with Crippen LogP contribution in [0.5, 0.6) is 0 Å². The summed E-state index contributed by atoms with van der Waals surface area (Å²) in [6.07, 6.45) is 29.3. The summed E-state index contributed by atoms with van der Waals surface area (Å²) in [5, 5.41) is 18.4. The first-order valence-corrected chi connectivity index (χ1v) is 13.4. The van der Waals surface area contributed by atoms with Crippen molar-refractivity contribution in [2.24, 2.45) is 0 Å². The van der Waals surface area contributed by atoms with Crippen LogP contribution in [0.15, 0.2) is 12.2 Å². The molecule has 0 spiro atoms. The molecule has 0 amide bonds. The summed E-state index contributed by atoms with van der Waals surface area (Å²) in [6.45, 7) is 5.31. The molecular weight excluding hydrogens is 406 g/mol. The van der Waals surface area contributed by atoms with E-state index in [2.05, 4.69) is 26.1 Å². The molecule has 3 nitrogen and oxygen atoms in total. The van der Waals surface area contributed by atoms with Crippen molar-refractivity contribution in [2.75, 3.05) is 39.9 Å². The molecule has 0 unspecified atom stereocenters. The van der Waals surface area contributed by atoms with Gasteiger partial charge in [-0.25, -0.2) is 0 Å². The Balaban J connectivity index is 0. The van der Waals surface area contributed by atoms with Gasteiger partial charge in [-0.3, -0.25) is 0 Å². The van der Waals surface area contributed by atoms with Crippen LogP contribution < -0.4 is 12.4 Å². The molecule has 0 bridgehead atoms. The van der Waals surface area contributed by atoms with E-state index >= 15 is 0 Å². The molecule has 188 valence electrons. The molecule has 0 aliphatic heterocycles. The van der Waals surface area contributed by atoms with Crippen LogP contribution in [0.3, 0.4) is 0 Å². The molecule has 0 rings (SSSR count). The topological polar surface area (TPSA) is 40.5 Å². The fraction of sp³-hybridized carbons (Fsp3) is 0.926. The van der Waals surface area contributed by atoms with Crippen molar-refractivity contribution in [2.45, 2.75) is 122 Å². The molecule has 4 heteroatoms. The van der Waals surface area contributed by atoms with E-state index in [9.17, 15) is 10.2 Å². The minimum atomic E-state index is 0. The average Bonchev–Trinajstić information content (AvgIpc) is 2.72. The number of unbranched alkanes of at least 4 members (excludes halogenated alkanes) is 16. The maximum atomic E-state index is 9.19. The Kier molecular flexibility index (Phi) is 27.9. The molecule has 0 aromatic rings. The van der Waals surface area contributed by atoms with E-state index < -0.39 is 0 Å². The van der Waals surface area contributed by atoms with Gasteiger partial charge in [0.15, 0.2) is 0 Å². The highest BCUT2D eigenvalue weighted by Crippen LogP contribution is 2.13. The number of hydrogen-bond donors (Lipinski definition) is 2. The number of halogens is 1. The summed E-state index contributed by atoms with van der Waals surface area (Å²) in [5.74, 6) is 0. The molecule has 0 aromatic heterocycles. The summed E-state index contributed by atoms with van der Waals surface area (Å²) in [4.78, 5) is 0. The maximum absolute atomic E-state index is 9.19. The minimum Gasteiger partial charge on any atom is -1.00 e. The third-order valence-corrected chi connectivity index (χ3v) is 6.49. The van der Waals surface area contributed by atoms with E-state index in [-0.39, 0.29) is 25.6 Å². The summed E-state index contributed by atoms with van der Waals surface area (Å²) in [7, 11) is 2.15. The lowest BCUT2D eigenvalue weighted by molar-refractivity contribution is -0.910. The normalized spacial score (nSPS) is 11.9. The largest absolute Gasteiger partial charge is 1.00 e. The van der Waals surface area contributed by atoms with Gasteiger partial charge in [0.1, 0.15) is 13.1 Å². The van der Waals surface area contributed by atoms with Crippen LogP contribution >= 0.6 is 0 Å². The molecule has 0 heterocycles. The van der Waals surface area contributed by atoms with E-state index in [4.69, 9.17) is 0 Å². The highest BCUT2D eigenvalue weighted by molar-refractivity contribution is 4.81. The molecule has 0 saturated carbocycles.